The average molecular weight is 446 g/mol. The fourth-order valence-electron chi connectivity index (χ4n) is 4.12. The van der Waals surface area contributed by atoms with Crippen LogP contribution in [0.5, 0.6) is 0 Å². The van der Waals surface area contributed by atoms with Crippen LogP contribution in [0.4, 0.5) is 0 Å². The monoisotopic (exact) mass is 445 g/mol. The number of aromatic nitrogens is 2. The standard InChI is InChI=1S/C26H31N5O2/c1-29(18-22-17-28-31(19-22)24-10-6-3-7-11-24)25(32)20-30-14-12-23(13-15-30)26(33)27-16-21-8-4-2-5-9-21/h2-11,17,19,23H,12-16,18,20H2,1H3,(H,27,33). The highest BCUT2D eigenvalue weighted by molar-refractivity contribution is 5.79. The van der Waals surface area contributed by atoms with Crippen molar-refractivity contribution in [3.8, 4) is 5.69 Å². The van der Waals surface area contributed by atoms with E-state index in [1.165, 1.54) is 0 Å². The molecule has 1 aliphatic rings. The predicted octanol–water partition coefficient (Wildman–Crippen LogP) is 2.86. The van der Waals surface area contributed by atoms with E-state index in [4.69, 9.17) is 0 Å². The lowest BCUT2D eigenvalue weighted by atomic mass is 9.96. The van der Waals surface area contributed by atoms with Crippen molar-refractivity contribution in [2.24, 2.45) is 5.92 Å². The summed E-state index contributed by atoms with van der Waals surface area (Å²) in [5, 5.41) is 7.45. The van der Waals surface area contributed by atoms with Crippen molar-refractivity contribution >= 4 is 11.8 Å². The Balaban J connectivity index is 1.19. The van der Waals surface area contributed by atoms with Crippen molar-refractivity contribution in [2.45, 2.75) is 25.9 Å². The molecule has 172 valence electrons. The number of rotatable bonds is 8. The average Bonchev–Trinajstić information content (AvgIpc) is 3.32. The Kier molecular flexibility index (Phi) is 7.52. The number of hydrogen-bond acceptors (Lipinski definition) is 4. The summed E-state index contributed by atoms with van der Waals surface area (Å²) in [7, 11) is 1.83. The molecule has 3 aromatic rings. The lowest BCUT2D eigenvalue weighted by molar-refractivity contribution is -0.132. The van der Waals surface area contributed by atoms with Gasteiger partial charge in [0.1, 0.15) is 0 Å². The summed E-state index contributed by atoms with van der Waals surface area (Å²) in [6, 6.07) is 19.9. The van der Waals surface area contributed by atoms with E-state index < -0.39 is 0 Å². The van der Waals surface area contributed by atoms with Gasteiger partial charge in [-0.2, -0.15) is 5.10 Å². The van der Waals surface area contributed by atoms with E-state index in [2.05, 4.69) is 15.3 Å². The first kappa shape index (κ1) is 22.7. The SMILES string of the molecule is CN(Cc1cnn(-c2ccccc2)c1)C(=O)CN1CCC(C(=O)NCc2ccccc2)CC1. The van der Waals surface area contributed by atoms with Crippen LogP contribution in [-0.4, -0.2) is 58.1 Å². The van der Waals surface area contributed by atoms with Crippen LogP contribution in [-0.2, 0) is 22.7 Å². The molecule has 0 bridgehead atoms. The largest absolute Gasteiger partial charge is 0.352 e. The van der Waals surface area contributed by atoms with Gasteiger partial charge in [0.25, 0.3) is 0 Å². The second-order valence-corrected chi connectivity index (χ2v) is 8.63. The predicted molar refractivity (Wildman–Crippen MR) is 127 cm³/mol. The van der Waals surface area contributed by atoms with Crippen LogP contribution >= 0.6 is 0 Å². The number of para-hydroxylation sites is 1. The zero-order chi connectivity index (χ0) is 23.0. The summed E-state index contributed by atoms with van der Waals surface area (Å²) in [6.45, 7) is 2.97. The normalized spacial score (nSPS) is 14.7. The topological polar surface area (TPSA) is 70.5 Å². The van der Waals surface area contributed by atoms with Crippen molar-refractivity contribution in [1.29, 1.82) is 0 Å². The summed E-state index contributed by atoms with van der Waals surface area (Å²) >= 11 is 0. The summed E-state index contributed by atoms with van der Waals surface area (Å²) in [4.78, 5) is 29.1. The maximum atomic E-state index is 12.7. The van der Waals surface area contributed by atoms with Crippen LogP contribution in [0.15, 0.2) is 73.1 Å². The molecule has 1 aromatic heterocycles. The smallest absolute Gasteiger partial charge is 0.236 e. The minimum absolute atomic E-state index is 0.0154. The third-order valence-electron chi connectivity index (χ3n) is 6.13. The summed E-state index contributed by atoms with van der Waals surface area (Å²) < 4.78 is 1.82. The van der Waals surface area contributed by atoms with Crippen molar-refractivity contribution < 1.29 is 9.59 Å². The zero-order valence-electron chi connectivity index (χ0n) is 19.1. The van der Waals surface area contributed by atoms with Gasteiger partial charge in [-0.3, -0.25) is 14.5 Å². The van der Waals surface area contributed by atoms with Gasteiger partial charge in [-0.1, -0.05) is 48.5 Å². The highest BCUT2D eigenvalue weighted by Gasteiger charge is 2.26. The van der Waals surface area contributed by atoms with E-state index in [1.807, 2.05) is 78.6 Å². The Morgan fingerprint density at radius 3 is 2.36 bits per heavy atom. The number of likely N-dealkylation sites (N-methyl/N-ethyl adjacent to an activating group) is 1. The number of carbonyl (C=O) groups excluding carboxylic acids is 2. The molecular formula is C26H31N5O2. The molecule has 0 spiro atoms. The van der Waals surface area contributed by atoms with Crippen molar-refractivity contribution in [1.82, 2.24) is 24.9 Å². The van der Waals surface area contributed by atoms with Crippen molar-refractivity contribution in [3.05, 3.63) is 84.2 Å². The first-order valence-corrected chi connectivity index (χ1v) is 11.5. The van der Waals surface area contributed by atoms with Crippen LogP contribution in [0.1, 0.15) is 24.0 Å². The Hall–Kier alpha value is -3.45. The number of amides is 2. The molecule has 1 fully saturated rings. The lowest BCUT2D eigenvalue weighted by Gasteiger charge is -2.31. The van der Waals surface area contributed by atoms with E-state index in [9.17, 15) is 9.59 Å². The molecule has 2 amide bonds. The van der Waals surface area contributed by atoms with Crippen LogP contribution in [0.2, 0.25) is 0 Å². The van der Waals surface area contributed by atoms with Crippen LogP contribution in [0, 0.1) is 5.92 Å². The number of piperidine rings is 1. The number of hydrogen-bond donors (Lipinski definition) is 1. The van der Waals surface area contributed by atoms with Gasteiger partial charge >= 0.3 is 0 Å². The van der Waals surface area contributed by atoms with E-state index in [0.717, 1.165) is 42.7 Å². The minimum atomic E-state index is 0.0154. The fourth-order valence-corrected chi connectivity index (χ4v) is 4.12. The zero-order valence-corrected chi connectivity index (χ0v) is 19.1. The van der Waals surface area contributed by atoms with E-state index in [0.29, 0.717) is 19.6 Å². The number of carbonyl (C=O) groups is 2. The van der Waals surface area contributed by atoms with Crippen molar-refractivity contribution in [2.75, 3.05) is 26.7 Å². The third kappa shape index (κ3) is 6.29. The van der Waals surface area contributed by atoms with Gasteiger partial charge < -0.3 is 10.2 Å². The number of nitrogens with one attached hydrogen (secondary N) is 1. The van der Waals surface area contributed by atoms with E-state index in [1.54, 1.807) is 11.1 Å². The van der Waals surface area contributed by atoms with Crippen LogP contribution < -0.4 is 5.32 Å². The Morgan fingerprint density at radius 2 is 1.67 bits per heavy atom. The van der Waals surface area contributed by atoms with Gasteiger partial charge in [-0.15, -0.1) is 0 Å². The molecule has 2 aromatic carbocycles. The molecular weight excluding hydrogens is 414 g/mol. The molecule has 2 heterocycles. The van der Waals surface area contributed by atoms with Gasteiger partial charge in [0, 0.05) is 37.8 Å². The molecule has 4 rings (SSSR count). The highest BCUT2D eigenvalue weighted by atomic mass is 16.2. The number of nitrogens with zero attached hydrogens (tertiary/aromatic N) is 4. The van der Waals surface area contributed by atoms with Crippen LogP contribution in [0.3, 0.4) is 0 Å². The molecule has 7 nitrogen and oxygen atoms in total. The van der Waals surface area contributed by atoms with Gasteiger partial charge in [-0.05, 0) is 43.6 Å². The molecule has 7 heteroatoms. The summed E-state index contributed by atoms with van der Waals surface area (Å²) in [5.74, 6) is 0.202. The van der Waals surface area contributed by atoms with Gasteiger partial charge in [0.15, 0.2) is 0 Å². The number of benzene rings is 2. The summed E-state index contributed by atoms with van der Waals surface area (Å²) in [5.41, 5.74) is 3.09. The number of likely N-dealkylation sites (tertiary alicyclic amines) is 1. The van der Waals surface area contributed by atoms with Gasteiger partial charge in [0.2, 0.25) is 11.8 Å². The molecule has 0 atom stereocenters. The molecule has 1 N–H and O–H groups in total. The lowest BCUT2D eigenvalue weighted by Crippen LogP contribution is -2.44. The molecule has 1 saturated heterocycles. The van der Waals surface area contributed by atoms with Crippen molar-refractivity contribution in [3.63, 3.8) is 0 Å². The second-order valence-electron chi connectivity index (χ2n) is 8.63. The first-order chi connectivity index (χ1) is 16.1. The highest BCUT2D eigenvalue weighted by Crippen LogP contribution is 2.18. The molecule has 0 unspecified atom stereocenters. The van der Waals surface area contributed by atoms with Gasteiger partial charge in [0.05, 0.1) is 18.4 Å². The Morgan fingerprint density at radius 1 is 1.00 bits per heavy atom. The Bertz CT molecular complexity index is 1040. The fraction of sp³-hybridized carbons (Fsp3) is 0.346. The molecule has 1 aliphatic heterocycles. The summed E-state index contributed by atoms with van der Waals surface area (Å²) in [6.07, 6.45) is 5.32. The molecule has 0 radical (unpaired) electrons. The Labute approximate surface area is 195 Å². The molecule has 0 saturated carbocycles. The maximum Gasteiger partial charge on any atom is 0.236 e. The minimum Gasteiger partial charge on any atom is -0.352 e. The maximum absolute atomic E-state index is 12.7. The van der Waals surface area contributed by atoms with E-state index in [-0.39, 0.29) is 17.7 Å². The molecule has 33 heavy (non-hydrogen) atoms. The van der Waals surface area contributed by atoms with Gasteiger partial charge in [-0.25, -0.2) is 4.68 Å². The molecule has 0 aliphatic carbocycles. The quantitative estimate of drug-likeness (QED) is 0.579. The third-order valence-corrected chi connectivity index (χ3v) is 6.13. The van der Waals surface area contributed by atoms with Crippen LogP contribution in [0.25, 0.3) is 5.69 Å². The first-order valence-electron chi connectivity index (χ1n) is 11.5. The second kappa shape index (κ2) is 10.9. The van der Waals surface area contributed by atoms with E-state index >= 15 is 0 Å².